The summed E-state index contributed by atoms with van der Waals surface area (Å²) in [6, 6.07) is -0.836. The van der Waals surface area contributed by atoms with Gasteiger partial charge in [-0.2, -0.15) is 0 Å². The van der Waals surface area contributed by atoms with E-state index in [1.54, 1.807) is 0 Å². The summed E-state index contributed by atoms with van der Waals surface area (Å²) in [6.07, 6.45) is -1.20. The molecule has 2 rings (SSSR count). The normalized spacial score (nSPS) is 18.8. The molecule has 2 amide bonds. The monoisotopic (exact) mass is 638 g/mol. The third kappa shape index (κ3) is 11.5. The highest BCUT2D eigenvalue weighted by Crippen LogP contribution is 2.51. The van der Waals surface area contributed by atoms with Crippen molar-refractivity contribution in [2.75, 3.05) is 41.6 Å². The van der Waals surface area contributed by atoms with E-state index in [1.807, 2.05) is 0 Å². The lowest BCUT2D eigenvalue weighted by molar-refractivity contribution is -0.121. The molecule has 17 nitrogen and oxygen atoms in total. The Bertz CT molecular complexity index is 1210. The summed E-state index contributed by atoms with van der Waals surface area (Å²) in [4.78, 5) is 63.0. The van der Waals surface area contributed by atoms with E-state index in [-0.39, 0.29) is 44.5 Å². The van der Waals surface area contributed by atoms with Crippen LogP contribution in [0.25, 0.3) is 0 Å². The number of aliphatic hydroxyl groups is 1. The maximum atomic E-state index is 12.9. The molecule has 0 aromatic carbocycles. The average molecular weight is 639 g/mol. The van der Waals surface area contributed by atoms with E-state index in [0.29, 0.717) is 25.8 Å². The van der Waals surface area contributed by atoms with Crippen molar-refractivity contribution in [1.29, 1.82) is 0 Å². The van der Waals surface area contributed by atoms with Crippen molar-refractivity contribution in [3.05, 3.63) is 32.6 Å². The lowest BCUT2D eigenvalue weighted by atomic mass is 10.00. The first kappa shape index (κ1) is 37.9. The Morgan fingerprint density at radius 1 is 1.12 bits per heavy atom. The molecule has 246 valence electrons. The van der Waals surface area contributed by atoms with E-state index < -0.39 is 62.3 Å². The third-order valence-electron chi connectivity index (χ3n) is 6.53. The Labute approximate surface area is 249 Å². The molecule has 0 aliphatic carbocycles. The van der Waals surface area contributed by atoms with Gasteiger partial charge in [0.2, 0.25) is 0 Å². The van der Waals surface area contributed by atoms with Crippen LogP contribution in [-0.2, 0) is 43.6 Å². The Morgan fingerprint density at radius 2 is 1.79 bits per heavy atom. The number of unbranched alkanes of at least 4 members (excludes halogenated alkanes) is 1. The first-order valence-corrected chi connectivity index (χ1v) is 14.7. The molecule has 0 bridgehead atoms. The van der Waals surface area contributed by atoms with Crippen LogP contribution in [0.1, 0.15) is 57.7 Å². The van der Waals surface area contributed by atoms with Crippen LogP contribution in [0.4, 0.5) is 9.59 Å². The predicted octanol–water partition coefficient (Wildman–Crippen LogP) is 1.38. The van der Waals surface area contributed by atoms with Gasteiger partial charge in [-0.3, -0.25) is 32.7 Å². The zero-order valence-electron chi connectivity index (χ0n) is 24.0. The van der Waals surface area contributed by atoms with Gasteiger partial charge in [0, 0.05) is 45.4 Å². The Kier molecular flexibility index (Phi) is 16.4. The van der Waals surface area contributed by atoms with Crippen LogP contribution >= 0.6 is 7.82 Å². The van der Waals surface area contributed by atoms with Gasteiger partial charge < -0.3 is 30.0 Å². The summed E-state index contributed by atoms with van der Waals surface area (Å²) in [5.41, 5.74) is -1.21. The molecule has 1 unspecified atom stereocenters. The molecule has 1 aromatic heterocycles. The van der Waals surface area contributed by atoms with Gasteiger partial charge in [-0.15, -0.1) is 0 Å². The highest BCUT2D eigenvalue weighted by atomic mass is 31.2. The van der Waals surface area contributed by atoms with Gasteiger partial charge in [0.1, 0.15) is 18.4 Å². The number of methoxy groups -OCH3 is 2. The molecule has 18 heteroatoms. The van der Waals surface area contributed by atoms with E-state index in [1.165, 1.54) is 20.4 Å². The fourth-order valence-electron chi connectivity index (χ4n) is 4.27. The molecule has 4 N–H and O–H groups in total. The molecule has 1 fully saturated rings. The smallest absolute Gasteiger partial charge is 0.453 e. The van der Waals surface area contributed by atoms with Crippen LogP contribution in [0.3, 0.4) is 0 Å². The third-order valence-corrected chi connectivity index (χ3v) is 7.96. The van der Waals surface area contributed by atoms with Crippen molar-refractivity contribution in [3.8, 4) is 0 Å². The number of amides is 2. The number of carbonyl (C=O) groups excluding carboxylic acids is 3. The summed E-state index contributed by atoms with van der Waals surface area (Å²) in [5.74, 6) is -0.281. The number of Topliss-reactive ketones (excluding diaryl/α,β-unsaturated/α-hetero) is 1. The zero-order valence-corrected chi connectivity index (χ0v) is 24.9. The Balaban J connectivity index is 0.00000924. The highest BCUT2D eigenvalue weighted by Gasteiger charge is 2.42. The van der Waals surface area contributed by atoms with Gasteiger partial charge in [0.15, 0.2) is 5.78 Å². The number of phosphoric ester groups is 1. The number of aromatic nitrogens is 2. The van der Waals surface area contributed by atoms with Crippen molar-refractivity contribution in [3.63, 3.8) is 0 Å². The number of aliphatic hydroxyl groups excluding tert-OH is 1. The lowest BCUT2D eigenvalue weighted by Gasteiger charge is -2.20. The van der Waals surface area contributed by atoms with Crippen molar-refractivity contribution in [2.24, 2.45) is 0 Å². The minimum atomic E-state index is -3.91. The number of nitrogens with zero attached hydrogens (tertiary/aromatic N) is 1. The molecular weight excluding hydrogens is 595 g/mol. The van der Waals surface area contributed by atoms with Gasteiger partial charge in [0.25, 0.3) is 5.56 Å². The van der Waals surface area contributed by atoms with Gasteiger partial charge in [-0.05, 0) is 32.1 Å². The highest BCUT2D eigenvalue weighted by molar-refractivity contribution is 7.48. The standard InChI is InChI=1S/C24H39N4O13P.CH4/c1-36-23(33)25-11-6-5-9-16(26-24(34)37-2)17(30)10-7-8-15-13-28(22(32)27-21(15)31)20-12-18(19(14-29)40-20)41-42(35,38-3)39-4;/h13,16,18-20,29H,5-12,14H2,1-4H3,(H,25,33)(H,26,34)(H,27,31,32);1H4/t16?,18-,19-,20-;/m0./s1. The molecule has 4 atom stereocenters. The number of aromatic amines is 1. The summed E-state index contributed by atoms with van der Waals surface area (Å²) in [7, 11) is 0.780. The van der Waals surface area contributed by atoms with Crippen molar-refractivity contribution < 1.29 is 51.8 Å². The van der Waals surface area contributed by atoms with Crippen LogP contribution in [-0.4, -0.2) is 92.5 Å². The number of ether oxygens (including phenoxy) is 3. The predicted molar refractivity (Wildman–Crippen MR) is 152 cm³/mol. The number of hydrogen-bond donors (Lipinski definition) is 4. The molecular formula is C25H43N4O13P. The number of phosphoric acid groups is 1. The Hall–Kier alpha value is -3.08. The van der Waals surface area contributed by atoms with Crippen LogP contribution in [0.15, 0.2) is 15.8 Å². The molecule has 2 heterocycles. The molecule has 0 spiro atoms. The van der Waals surface area contributed by atoms with Crippen molar-refractivity contribution in [2.45, 2.75) is 76.9 Å². The van der Waals surface area contributed by atoms with Gasteiger partial charge >= 0.3 is 25.7 Å². The average Bonchev–Trinajstić information content (AvgIpc) is 3.38. The molecule has 1 aromatic rings. The van der Waals surface area contributed by atoms with Crippen molar-refractivity contribution >= 4 is 25.8 Å². The first-order valence-electron chi connectivity index (χ1n) is 13.2. The fourth-order valence-corrected chi connectivity index (χ4v) is 5.14. The molecule has 1 aliphatic rings. The number of H-pyrrole nitrogens is 1. The quantitative estimate of drug-likeness (QED) is 0.140. The van der Waals surface area contributed by atoms with E-state index >= 15 is 0 Å². The van der Waals surface area contributed by atoms with E-state index in [0.717, 1.165) is 18.8 Å². The lowest BCUT2D eigenvalue weighted by Crippen LogP contribution is -2.41. The Morgan fingerprint density at radius 3 is 2.40 bits per heavy atom. The van der Waals surface area contributed by atoms with Crippen LogP contribution in [0, 0.1) is 0 Å². The second-order valence-electron chi connectivity index (χ2n) is 9.25. The minimum absolute atomic E-state index is 0. The summed E-state index contributed by atoms with van der Waals surface area (Å²) in [5, 5.41) is 14.7. The van der Waals surface area contributed by atoms with Crippen LogP contribution in [0.2, 0.25) is 0 Å². The number of alkyl carbamates (subject to hydrolysis) is 2. The van der Waals surface area contributed by atoms with Crippen LogP contribution in [0.5, 0.6) is 0 Å². The topological polar surface area (TPSA) is 223 Å². The minimum Gasteiger partial charge on any atom is -0.453 e. The number of hydrogen-bond acceptors (Lipinski definition) is 13. The largest absolute Gasteiger partial charge is 0.474 e. The number of rotatable bonds is 17. The maximum Gasteiger partial charge on any atom is 0.474 e. The maximum absolute atomic E-state index is 12.9. The second-order valence-corrected chi connectivity index (χ2v) is 11.1. The molecule has 1 aliphatic heterocycles. The number of ketones is 1. The van der Waals surface area contributed by atoms with Gasteiger partial charge in [0.05, 0.1) is 26.9 Å². The fraction of sp³-hybridized carbons (Fsp3) is 0.720. The molecule has 1 saturated heterocycles. The van der Waals surface area contributed by atoms with E-state index in [9.17, 15) is 33.6 Å². The summed E-state index contributed by atoms with van der Waals surface area (Å²) < 4.78 is 43.3. The summed E-state index contributed by atoms with van der Waals surface area (Å²) in [6.45, 7) is -0.177. The van der Waals surface area contributed by atoms with Gasteiger partial charge in [-0.25, -0.2) is 18.9 Å². The van der Waals surface area contributed by atoms with Crippen LogP contribution < -0.4 is 21.9 Å². The number of carbonyl (C=O) groups is 3. The van der Waals surface area contributed by atoms with Gasteiger partial charge in [-0.1, -0.05) is 7.43 Å². The first-order chi connectivity index (χ1) is 20.0. The van der Waals surface area contributed by atoms with Crippen molar-refractivity contribution in [1.82, 2.24) is 20.2 Å². The molecule has 43 heavy (non-hydrogen) atoms. The summed E-state index contributed by atoms with van der Waals surface area (Å²) >= 11 is 0. The SMILES string of the molecule is C.COC(=O)NCCCCC(NC(=O)OC)C(=O)CCCc1cn([C@@H]2C[C@H](OP(=O)(OC)OC)[C@H](CO)O2)c(=O)[nH]c1=O. The second kappa shape index (κ2) is 18.6. The van der Waals surface area contributed by atoms with E-state index in [2.05, 4.69) is 25.1 Å². The molecule has 0 saturated carbocycles. The zero-order chi connectivity index (χ0) is 31.3. The molecule has 0 radical (unpaired) electrons. The van der Waals surface area contributed by atoms with E-state index in [4.69, 9.17) is 18.3 Å². The number of nitrogens with one attached hydrogen (secondary N) is 3. The number of aryl methyl sites for hydroxylation is 1.